The molecule has 1 saturated carbocycles. The summed E-state index contributed by atoms with van der Waals surface area (Å²) in [6, 6.07) is 0. The highest BCUT2D eigenvalue weighted by atomic mass is 15.3. The maximum absolute atomic E-state index is 5.99. The van der Waals surface area contributed by atoms with Gasteiger partial charge in [0.2, 0.25) is 0 Å². The zero-order valence-electron chi connectivity index (χ0n) is 11.2. The van der Waals surface area contributed by atoms with Gasteiger partial charge in [0.1, 0.15) is 0 Å². The topological polar surface area (TPSA) is 41.6 Å². The molecule has 2 atom stereocenters. The molecule has 2 rings (SSSR count). The van der Waals surface area contributed by atoms with Crippen LogP contribution in [0.2, 0.25) is 0 Å². The van der Waals surface area contributed by atoms with E-state index in [1.54, 1.807) is 0 Å². The third kappa shape index (κ3) is 3.36. The van der Waals surface area contributed by atoms with Gasteiger partial charge in [-0.05, 0) is 24.7 Å². The average molecular weight is 237 g/mol. The van der Waals surface area contributed by atoms with Gasteiger partial charge in [0.05, 0.1) is 0 Å². The van der Waals surface area contributed by atoms with Crippen LogP contribution in [0.1, 0.15) is 51.9 Å². The number of rotatable bonds is 4. The van der Waals surface area contributed by atoms with Crippen molar-refractivity contribution in [1.82, 2.24) is 4.90 Å². The Morgan fingerprint density at radius 2 is 1.88 bits per heavy atom. The molecule has 0 spiro atoms. The van der Waals surface area contributed by atoms with E-state index in [4.69, 9.17) is 5.73 Å². The van der Waals surface area contributed by atoms with Crippen LogP contribution in [0.5, 0.6) is 0 Å². The molecule has 98 valence electrons. The lowest BCUT2D eigenvalue weighted by molar-refractivity contribution is 0.227. The number of hydrogen-bond acceptors (Lipinski definition) is 1. The van der Waals surface area contributed by atoms with E-state index in [0.29, 0.717) is 0 Å². The van der Waals surface area contributed by atoms with Crippen molar-refractivity contribution in [1.29, 1.82) is 0 Å². The molecule has 0 amide bonds. The Balaban J connectivity index is 1.82. The number of guanidine groups is 1. The van der Waals surface area contributed by atoms with Crippen molar-refractivity contribution in [2.75, 3.05) is 19.6 Å². The van der Waals surface area contributed by atoms with E-state index in [2.05, 4.69) is 16.8 Å². The highest BCUT2D eigenvalue weighted by Gasteiger charge is 2.24. The minimum absolute atomic E-state index is 0.789. The molecule has 1 aliphatic carbocycles. The van der Waals surface area contributed by atoms with Gasteiger partial charge in [0, 0.05) is 19.6 Å². The highest BCUT2D eigenvalue weighted by molar-refractivity contribution is 5.78. The second kappa shape index (κ2) is 6.27. The second-order valence-electron chi connectivity index (χ2n) is 5.63. The summed E-state index contributed by atoms with van der Waals surface area (Å²) in [5.41, 5.74) is 5.99. The van der Waals surface area contributed by atoms with Gasteiger partial charge in [0.25, 0.3) is 0 Å². The lowest BCUT2D eigenvalue weighted by Crippen LogP contribution is -2.46. The number of hydrogen-bond donors (Lipinski definition) is 1. The first-order valence-electron chi connectivity index (χ1n) is 7.36. The third-order valence-electron chi connectivity index (χ3n) is 4.39. The number of nitrogens with zero attached hydrogens (tertiary/aromatic N) is 2. The van der Waals surface area contributed by atoms with Crippen molar-refractivity contribution in [3.63, 3.8) is 0 Å². The van der Waals surface area contributed by atoms with Crippen molar-refractivity contribution in [3.05, 3.63) is 0 Å². The van der Waals surface area contributed by atoms with Crippen molar-refractivity contribution in [2.24, 2.45) is 22.6 Å². The molecule has 2 aliphatic rings. The summed E-state index contributed by atoms with van der Waals surface area (Å²) in [4.78, 5) is 6.81. The molecular weight excluding hydrogens is 210 g/mol. The molecule has 3 heteroatoms. The van der Waals surface area contributed by atoms with E-state index in [1.807, 2.05) is 0 Å². The maximum atomic E-state index is 5.99. The van der Waals surface area contributed by atoms with Crippen LogP contribution in [0.15, 0.2) is 4.99 Å². The quantitative estimate of drug-likeness (QED) is 0.603. The lowest BCUT2D eigenvalue weighted by atomic mass is 9.77. The molecule has 3 nitrogen and oxygen atoms in total. The first-order chi connectivity index (χ1) is 8.31. The molecule has 2 unspecified atom stereocenters. The summed E-state index contributed by atoms with van der Waals surface area (Å²) < 4.78 is 0. The lowest BCUT2D eigenvalue weighted by Gasteiger charge is -2.33. The first kappa shape index (κ1) is 12.7. The first-order valence-corrected chi connectivity index (χ1v) is 7.36. The molecule has 0 aromatic carbocycles. The molecule has 0 radical (unpaired) electrons. The number of likely N-dealkylation sites (tertiary alicyclic amines) is 1. The Morgan fingerprint density at radius 3 is 2.47 bits per heavy atom. The Labute approximate surface area is 105 Å². The van der Waals surface area contributed by atoms with Crippen LogP contribution in [0.4, 0.5) is 0 Å². The van der Waals surface area contributed by atoms with Crippen molar-refractivity contribution < 1.29 is 0 Å². The van der Waals surface area contributed by atoms with Gasteiger partial charge in [-0.2, -0.15) is 0 Å². The summed E-state index contributed by atoms with van der Waals surface area (Å²) in [5, 5.41) is 0. The minimum Gasteiger partial charge on any atom is -0.370 e. The highest BCUT2D eigenvalue weighted by Crippen LogP contribution is 2.33. The molecule has 2 N–H and O–H groups in total. The molecule has 1 saturated heterocycles. The summed E-state index contributed by atoms with van der Waals surface area (Å²) in [6.07, 6.45) is 9.56. The molecule has 0 aromatic heterocycles. The fraction of sp³-hybridized carbons (Fsp3) is 0.929. The van der Waals surface area contributed by atoms with E-state index in [-0.39, 0.29) is 0 Å². The van der Waals surface area contributed by atoms with Gasteiger partial charge in [0.15, 0.2) is 5.96 Å². The fourth-order valence-corrected chi connectivity index (χ4v) is 3.13. The fourth-order valence-electron chi connectivity index (χ4n) is 3.13. The maximum Gasteiger partial charge on any atom is 0.191 e. The number of nitrogens with two attached hydrogens (primary N) is 1. The Morgan fingerprint density at radius 1 is 1.18 bits per heavy atom. The van der Waals surface area contributed by atoms with Crippen molar-refractivity contribution in [3.8, 4) is 0 Å². The van der Waals surface area contributed by atoms with Crippen LogP contribution in [0, 0.1) is 11.8 Å². The van der Waals surface area contributed by atoms with Crippen LogP contribution in [0.25, 0.3) is 0 Å². The van der Waals surface area contributed by atoms with Gasteiger partial charge in [-0.3, -0.25) is 4.99 Å². The number of aliphatic imine (C=N–C) groups is 1. The largest absolute Gasteiger partial charge is 0.370 e. The monoisotopic (exact) mass is 237 g/mol. The van der Waals surface area contributed by atoms with Crippen LogP contribution in [-0.2, 0) is 0 Å². The van der Waals surface area contributed by atoms with E-state index in [1.165, 1.54) is 44.9 Å². The Hall–Kier alpha value is -0.730. The summed E-state index contributed by atoms with van der Waals surface area (Å²) in [7, 11) is 0. The van der Waals surface area contributed by atoms with E-state index < -0.39 is 0 Å². The van der Waals surface area contributed by atoms with Crippen molar-refractivity contribution in [2.45, 2.75) is 51.9 Å². The van der Waals surface area contributed by atoms with E-state index in [0.717, 1.165) is 37.4 Å². The van der Waals surface area contributed by atoms with Gasteiger partial charge < -0.3 is 10.6 Å². The SMILES string of the molecule is CCCC1CCCCC1CN=C(N)N1CCC1. The molecule has 1 heterocycles. The van der Waals surface area contributed by atoms with Gasteiger partial charge in [-0.15, -0.1) is 0 Å². The zero-order valence-corrected chi connectivity index (χ0v) is 11.2. The third-order valence-corrected chi connectivity index (χ3v) is 4.39. The standard InChI is InChI=1S/C14H27N3/c1-2-6-12-7-3-4-8-13(12)11-16-14(15)17-9-5-10-17/h12-13H,2-11H2,1H3,(H2,15,16). The Bertz CT molecular complexity index is 256. The zero-order chi connectivity index (χ0) is 12.1. The smallest absolute Gasteiger partial charge is 0.191 e. The van der Waals surface area contributed by atoms with E-state index >= 15 is 0 Å². The second-order valence-corrected chi connectivity index (χ2v) is 5.63. The molecule has 0 aromatic rings. The summed E-state index contributed by atoms with van der Waals surface area (Å²) in [6.45, 7) is 5.48. The van der Waals surface area contributed by atoms with Gasteiger partial charge in [-0.1, -0.05) is 39.0 Å². The molecule has 17 heavy (non-hydrogen) atoms. The normalized spacial score (nSPS) is 30.2. The van der Waals surface area contributed by atoms with Gasteiger partial charge in [-0.25, -0.2) is 0 Å². The average Bonchev–Trinajstić information content (AvgIpc) is 2.26. The van der Waals surface area contributed by atoms with Crippen LogP contribution in [-0.4, -0.2) is 30.5 Å². The van der Waals surface area contributed by atoms with Crippen LogP contribution >= 0.6 is 0 Å². The summed E-state index contributed by atoms with van der Waals surface area (Å²) >= 11 is 0. The van der Waals surface area contributed by atoms with Crippen LogP contribution < -0.4 is 5.73 Å². The molecule has 0 bridgehead atoms. The predicted octanol–water partition coefficient (Wildman–Crippen LogP) is 2.61. The Kier molecular flexibility index (Phi) is 4.69. The minimum atomic E-state index is 0.789. The molecule has 2 fully saturated rings. The predicted molar refractivity (Wildman–Crippen MR) is 73.0 cm³/mol. The summed E-state index contributed by atoms with van der Waals surface area (Å²) in [5.74, 6) is 2.49. The molecule has 1 aliphatic heterocycles. The van der Waals surface area contributed by atoms with Gasteiger partial charge >= 0.3 is 0 Å². The molecular formula is C14H27N3. The van der Waals surface area contributed by atoms with Crippen molar-refractivity contribution >= 4 is 5.96 Å². The van der Waals surface area contributed by atoms with Crippen LogP contribution in [0.3, 0.4) is 0 Å². The van der Waals surface area contributed by atoms with E-state index in [9.17, 15) is 0 Å².